The SMILES string of the molecule is NCCCOP(=O)(O)C(Br)(Br)Br. The minimum Gasteiger partial charge on any atom is -0.330 e. The number of alkyl halides is 3. The summed E-state index contributed by atoms with van der Waals surface area (Å²) in [5, 5.41) is 0. The van der Waals surface area contributed by atoms with Crippen LogP contribution in [-0.4, -0.2) is 19.9 Å². The molecule has 3 N–H and O–H groups in total. The summed E-state index contributed by atoms with van der Waals surface area (Å²) in [6.07, 6.45) is 0.549. The third-order valence-corrected chi connectivity index (χ3v) is 6.14. The molecule has 74 valence electrons. The van der Waals surface area contributed by atoms with Gasteiger partial charge in [-0.1, -0.05) is 0 Å². The second-order valence-electron chi connectivity index (χ2n) is 1.96. The van der Waals surface area contributed by atoms with Gasteiger partial charge in [0.25, 0.3) is 0 Å². The maximum atomic E-state index is 11.3. The van der Waals surface area contributed by atoms with Crippen LogP contribution in [0.2, 0.25) is 0 Å². The first-order valence-electron chi connectivity index (χ1n) is 3.05. The zero-order chi connectivity index (χ0) is 9.83. The highest BCUT2D eigenvalue weighted by atomic mass is 80.0. The molecule has 0 rings (SSSR count). The number of halogens is 3. The average molecular weight is 390 g/mol. The van der Waals surface area contributed by atoms with E-state index in [0.29, 0.717) is 13.0 Å². The van der Waals surface area contributed by atoms with Crippen LogP contribution in [0.5, 0.6) is 0 Å². The van der Waals surface area contributed by atoms with Gasteiger partial charge in [-0.3, -0.25) is 4.57 Å². The van der Waals surface area contributed by atoms with Crippen LogP contribution in [0.15, 0.2) is 0 Å². The molecule has 0 saturated heterocycles. The van der Waals surface area contributed by atoms with Crippen LogP contribution >= 0.6 is 55.4 Å². The monoisotopic (exact) mass is 387 g/mol. The van der Waals surface area contributed by atoms with Crippen LogP contribution in [-0.2, 0) is 9.09 Å². The smallest absolute Gasteiger partial charge is 0.330 e. The van der Waals surface area contributed by atoms with Crippen molar-refractivity contribution in [3.8, 4) is 0 Å². The zero-order valence-corrected chi connectivity index (χ0v) is 11.7. The van der Waals surface area contributed by atoms with Crippen LogP contribution in [0, 0.1) is 0 Å². The molecule has 1 unspecified atom stereocenters. The van der Waals surface area contributed by atoms with E-state index in [1.54, 1.807) is 0 Å². The molecule has 0 spiro atoms. The summed E-state index contributed by atoms with van der Waals surface area (Å²) in [5.41, 5.74) is 5.18. The van der Waals surface area contributed by atoms with Gasteiger partial charge >= 0.3 is 7.60 Å². The van der Waals surface area contributed by atoms with E-state index in [9.17, 15) is 9.46 Å². The Morgan fingerprint density at radius 2 is 2.00 bits per heavy atom. The van der Waals surface area contributed by atoms with Gasteiger partial charge in [-0.15, -0.1) is 0 Å². The third kappa shape index (κ3) is 4.69. The summed E-state index contributed by atoms with van der Waals surface area (Å²) in [6.45, 7) is 0.592. The Morgan fingerprint density at radius 1 is 1.50 bits per heavy atom. The second-order valence-corrected chi connectivity index (χ2v) is 12.5. The Bertz CT molecular complexity index is 183. The summed E-state index contributed by atoms with van der Waals surface area (Å²) in [5.74, 6) is 0. The largest absolute Gasteiger partial charge is 0.366 e. The Kier molecular flexibility index (Phi) is 6.14. The predicted octanol–water partition coefficient (Wildman–Crippen LogP) is 2.33. The molecule has 0 aliphatic carbocycles. The van der Waals surface area contributed by atoms with Crippen LogP contribution < -0.4 is 5.73 Å². The molecule has 8 heteroatoms. The van der Waals surface area contributed by atoms with E-state index < -0.39 is 9.48 Å². The van der Waals surface area contributed by atoms with Crippen LogP contribution in [0.4, 0.5) is 0 Å². The molecule has 0 bridgehead atoms. The Balaban J connectivity index is 3.98. The minimum absolute atomic E-state index is 0.162. The van der Waals surface area contributed by atoms with Crippen molar-refractivity contribution in [3.63, 3.8) is 0 Å². The van der Waals surface area contributed by atoms with Crippen molar-refractivity contribution in [1.82, 2.24) is 0 Å². The highest BCUT2D eigenvalue weighted by molar-refractivity contribution is 9.41. The highest BCUT2D eigenvalue weighted by Gasteiger charge is 2.42. The van der Waals surface area contributed by atoms with E-state index in [2.05, 4.69) is 47.8 Å². The molecular weight excluding hydrogens is 381 g/mol. The number of hydrogen-bond donors (Lipinski definition) is 2. The molecule has 12 heavy (non-hydrogen) atoms. The second kappa shape index (κ2) is 5.44. The van der Waals surface area contributed by atoms with Crippen molar-refractivity contribution >= 4 is 55.4 Å². The van der Waals surface area contributed by atoms with Gasteiger partial charge < -0.3 is 15.2 Å². The fourth-order valence-electron chi connectivity index (χ4n) is 0.345. The molecule has 0 amide bonds. The minimum atomic E-state index is -3.71. The topological polar surface area (TPSA) is 72.5 Å². The standard InChI is InChI=1S/C4H9Br3NO3P/c5-4(6,7)12(9,10)11-3-1-2-8/h1-3,8H2,(H,9,10). The van der Waals surface area contributed by atoms with Crippen LogP contribution in [0.3, 0.4) is 0 Å². The van der Waals surface area contributed by atoms with E-state index in [4.69, 9.17) is 10.3 Å². The normalized spacial score (nSPS) is 17.4. The van der Waals surface area contributed by atoms with Gasteiger partial charge in [-0.2, -0.15) is 0 Å². The molecule has 4 nitrogen and oxygen atoms in total. The highest BCUT2D eigenvalue weighted by Crippen LogP contribution is 2.66. The van der Waals surface area contributed by atoms with Gasteiger partial charge in [0, 0.05) is 0 Å². The Hall–Kier alpha value is 1.55. The molecule has 0 fully saturated rings. The summed E-state index contributed by atoms with van der Waals surface area (Å²) in [6, 6.07) is 0. The van der Waals surface area contributed by atoms with E-state index in [-0.39, 0.29) is 6.61 Å². The maximum Gasteiger partial charge on any atom is 0.366 e. The lowest BCUT2D eigenvalue weighted by atomic mass is 10.5. The fourth-order valence-corrected chi connectivity index (χ4v) is 1.79. The van der Waals surface area contributed by atoms with Gasteiger partial charge in [-0.05, 0) is 60.8 Å². The van der Waals surface area contributed by atoms with Crippen molar-refractivity contribution in [2.75, 3.05) is 13.2 Å². The summed E-state index contributed by atoms with van der Waals surface area (Å²) in [4.78, 5) is 9.23. The predicted molar refractivity (Wildman–Crippen MR) is 59.0 cm³/mol. The van der Waals surface area contributed by atoms with Crippen molar-refractivity contribution in [1.29, 1.82) is 0 Å². The van der Waals surface area contributed by atoms with Gasteiger partial charge in [0.2, 0.25) is 1.88 Å². The summed E-state index contributed by atoms with van der Waals surface area (Å²) < 4.78 is 14.7. The van der Waals surface area contributed by atoms with Crippen LogP contribution in [0.1, 0.15) is 6.42 Å². The maximum absolute atomic E-state index is 11.3. The molecule has 0 radical (unpaired) electrons. The number of rotatable bonds is 4. The van der Waals surface area contributed by atoms with E-state index in [0.717, 1.165) is 0 Å². The molecule has 1 atom stereocenters. The lowest BCUT2D eigenvalue weighted by Gasteiger charge is -2.19. The molecule has 0 aromatic rings. The lowest BCUT2D eigenvalue weighted by molar-refractivity contribution is 0.259. The van der Waals surface area contributed by atoms with Crippen molar-refractivity contribution in [3.05, 3.63) is 0 Å². The van der Waals surface area contributed by atoms with E-state index in [1.807, 2.05) is 0 Å². The number of hydrogen-bond acceptors (Lipinski definition) is 3. The van der Waals surface area contributed by atoms with Crippen molar-refractivity contribution in [2.45, 2.75) is 8.30 Å². The molecule has 0 saturated carbocycles. The molecule has 0 aromatic carbocycles. The van der Waals surface area contributed by atoms with Gasteiger partial charge in [0.1, 0.15) is 0 Å². The van der Waals surface area contributed by atoms with Crippen LogP contribution in [0.25, 0.3) is 0 Å². The summed E-state index contributed by atoms with van der Waals surface area (Å²) >= 11 is 8.75. The first-order valence-corrected chi connectivity index (χ1v) is 7.01. The number of nitrogens with two attached hydrogens (primary N) is 1. The average Bonchev–Trinajstić information content (AvgIpc) is 1.85. The molecular formula is C4H9Br3NO3P. The summed E-state index contributed by atoms with van der Waals surface area (Å²) in [7, 11) is -3.71. The van der Waals surface area contributed by atoms with Crippen molar-refractivity contribution in [2.24, 2.45) is 5.73 Å². The molecule has 0 heterocycles. The van der Waals surface area contributed by atoms with E-state index in [1.165, 1.54) is 0 Å². The lowest BCUT2D eigenvalue weighted by Crippen LogP contribution is -2.08. The first-order chi connectivity index (χ1) is 5.31. The Morgan fingerprint density at radius 3 is 2.33 bits per heavy atom. The molecule has 0 aromatic heterocycles. The van der Waals surface area contributed by atoms with Crippen molar-refractivity contribution < 1.29 is 14.0 Å². The molecule has 0 aliphatic rings. The first kappa shape index (κ1) is 13.5. The fraction of sp³-hybridized carbons (Fsp3) is 1.00. The quantitative estimate of drug-likeness (QED) is 0.440. The van der Waals surface area contributed by atoms with Gasteiger partial charge in [0.15, 0.2) is 0 Å². The molecule has 0 aliphatic heterocycles. The zero-order valence-electron chi connectivity index (χ0n) is 6.04. The van der Waals surface area contributed by atoms with Gasteiger partial charge in [0.05, 0.1) is 6.61 Å². The van der Waals surface area contributed by atoms with E-state index >= 15 is 0 Å². The Labute approximate surface area is 96.1 Å². The van der Waals surface area contributed by atoms with Gasteiger partial charge in [-0.25, -0.2) is 0 Å². The third-order valence-electron chi connectivity index (χ3n) is 0.935.